The van der Waals surface area contributed by atoms with Gasteiger partial charge < -0.3 is 10.1 Å². The van der Waals surface area contributed by atoms with Gasteiger partial charge in [-0.1, -0.05) is 17.7 Å². The molecule has 0 atom stereocenters. The number of carbonyl (C=O) groups is 1. The third kappa shape index (κ3) is 4.72. The third-order valence-corrected chi connectivity index (χ3v) is 4.16. The molecule has 23 heavy (non-hydrogen) atoms. The average molecular weight is 394 g/mol. The van der Waals surface area contributed by atoms with Crippen molar-refractivity contribution in [1.29, 1.82) is 5.26 Å². The number of nitriles is 1. The number of aryl methyl sites for hydroxylation is 1. The molecule has 2 rings (SSSR count). The van der Waals surface area contributed by atoms with E-state index < -0.39 is 0 Å². The normalized spacial score (nSPS) is 10.0. The number of ether oxygens (including phenoxy) is 1. The fourth-order valence-electron chi connectivity index (χ4n) is 2.03. The maximum Gasteiger partial charge on any atom is 0.224 e. The van der Waals surface area contributed by atoms with Crippen molar-refractivity contribution in [2.45, 2.75) is 12.8 Å². The van der Waals surface area contributed by atoms with Gasteiger partial charge >= 0.3 is 0 Å². The van der Waals surface area contributed by atoms with Crippen LogP contribution in [0.1, 0.15) is 17.5 Å². The number of anilines is 1. The molecule has 2 aromatic rings. The zero-order valence-corrected chi connectivity index (χ0v) is 14.7. The first-order valence-electron chi connectivity index (χ1n) is 6.85. The van der Waals surface area contributed by atoms with E-state index in [9.17, 15) is 4.79 Å². The molecular formula is C17H14BrClN2O2. The molecule has 0 saturated heterocycles. The van der Waals surface area contributed by atoms with E-state index in [0.717, 1.165) is 15.8 Å². The number of hydrogen-bond acceptors (Lipinski definition) is 3. The molecule has 0 aliphatic carbocycles. The van der Waals surface area contributed by atoms with E-state index in [1.54, 1.807) is 25.3 Å². The van der Waals surface area contributed by atoms with Gasteiger partial charge in [0.2, 0.25) is 5.91 Å². The van der Waals surface area contributed by atoms with Crippen LogP contribution >= 0.6 is 27.5 Å². The number of carbonyl (C=O) groups excluding carboxylic acids is 1. The van der Waals surface area contributed by atoms with Crippen LogP contribution in [0.5, 0.6) is 5.75 Å². The molecule has 118 valence electrons. The largest absolute Gasteiger partial charge is 0.496 e. The van der Waals surface area contributed by atoms with Gasteiger partial charge in [-0.25, -0.2) is 0 Å². The van der Waals surface area contributed by atoms with Crippen LogP contribution < -0.4 is 10.1 Å². The van der Waals surface area contributed by atoms with Crippen molar-refractivity contribution < 1.29 is 9.53 Å². The second kappa shape index (κ2) is 8.00. The Bertz CT molecular complexity index is 772. The fraction of sp³-hybridized carbons (Fsp3) is 0.176. The SMILES string of the molecule is COc1ccc(CCC(=O)Nc2ccc(C#N)c(Cl)c2)cc1Br. The topological polar surface area (TPSA) is 62.1 Å². The molecule has 0 aliphatic rings. The van der Waals surface area contributed by atoms with Gasteiger partial charge in [-0.05, 0) is 58.2 Å². The first kappa shape index (κ1) is 17.3. The minimum Gasteiger partial charge on any atom is -0.496 e. The molecule has 1 amide bonds. The first-order valence-corrected chi connectivity index (χ1v) is 8.02. The molecule has 0 aliphatic heterocycles. The number of halogens is 2. The van der Waals surface area contributed by atoms with E-state index in [0.29, 0.717) is 29.1 Å². The molecule has 0 saturated carbocycles. The summed E-state index contributed by atoms with van der Waals surface area (Å²) in [6.07, 6.45) is 0.953. The third-order valence-electron chi connectivity index (χ3n) is 3.23. The summed E-state index contributed by atoms with van der Waals surface area (Å²) in [5, 5.41) is 11.9. The second-order valence-electron chi connectivity index (χ2n) is 4.82. The molecule has 0 aromatic heterocycles. The van der Waals surface area contributed by atoms with Gasteiger partial charge in [0.15, 0.2) is 0 Å². The Morgan fingerprint density at radius 1 is 1.35 bits per heavy atom. The Labute approximate surface area is 148 Å². The number of hydrogen-bond donors (Lipinski definition) is 1. The molecule has 0 radical (unpaired) electrons. The standard InChI is InChI=1S/C17H14BrClN2O2/c1-23-16-6-2-11(8-14(16)18)3-7-17(22)21-13-5-4-12(10-20)15(19)9-13/h2,4-6,8-9H,3,7H2,1H3,(H,21,22). The summed E-state index contributed by atoms with van der Waals surface area (Å²) in [6.45, 7) is 0. The lowest BCUT2D eigenvalue weighted by molar-refractivity contribution is -0.116. The summed E-state index contributed by atoms with van der Waals surface area (Å²) in [5.74, 6) is 0.642. The van der Waals surface area contributed by atoms with Crippen LogP contribution in [0.15, 0.2) is 40.9 Å². The molecule has 4 nitrogen and oxygen atoms in total. The number of rotatable bonds is 5. The van der Waals surface area contributed by atoms with Gasteiger partial charge in [0.25, 0.3) is 0 Å². The Kier molecular flexibility index (Phi) is 6.03. The molecule has 1 N–H and O–H groups in total. The molecule has 6 heteroatoms. The van der Waals surface area contributed by atoms with Crippen molar-refractivity contribution in [3.8, 4) is 11.8 Å². The van der Waals surface area contributed by atoms with Gasteiger partial charge in [-0.15, -0.1) is 0 Å². The number of nitrogens with zero attached hydrogens (tertiary/aromatic N) is 1. The van der Waals surface area contributed by atoms with E-state index in [2.05, 4.69) is 21.2 Å². The summed E-state index contributed by atoms with van der Waals surface area (Å²) in [5.41, 5.74) is 1.99. The Morgan fingerprint density at radius 2 is 2.13 bits per heavy atom. The summed E-state index contributed by atoms with van der Waals surface area (Å²) in [7, 11) is 1.61. The molecule has 0 fully saturated rings. The van der Waals surface area contributed by atoms with E-state index >= 15 is 0 Å². The van der Waals surface area contributed by atoms with Crippen molar-refractivity contribution in [3.63, 3.8) is 0 Å². The van der Waals surface area contributed by atoms with Gasteiger partial charge in [-0.2, -0.15) is 5.26 Å². The van der Waals surface area contributed by atoms with Crippen LogP contribution in [-0.2, 0) is 11.2 Å². The number of nitrogens with one attached hydrogen (secondary N) is 1. The quantitative estimate of drug-likeness (QED) is 0.810. The van der Waals surface area contributed by atoms with E-state index in [1.165, 1.54) is 0 Å². The van der Waals surface area contributed by atoms with Crippen LogP contribution in [0.2, 0.25) is 5.02 Å². The smallest absolute Gasteiger partial charge is 0.224 e. The van der Waals surface area contributed by atoms with Crippen LogP contribution in [-0.4, -0.2) is 13.0 Å². The summed E-state index contributed by atoms with van der Waals surface area (Å²) in [6, 6.07) is 12.5. The predicted molar refractivity (Wildman–Crippen MR) is 93.8 cm³/mol. The maximum absolute atomic E-state index is 12.0. The van der Waals surface area contributed by atoms with E-state index in [4.69, 9.17) is 21.6 Å². The molecule has 0 bridgehead atoms. The van der Waals surface area contributed by atoms with E-state index in [1.807, 2.05) is 24.3 Å². The second-order valence-corrected chi connectivity index (χ2v) is 6.09. The molecule has 2 aromatic carbocycles. The van der Waals surface area contributed by atoms with Crippen molar-refractivity contribution >= 4 is 39.1 Å². The molecule has 0 spiro atoms. The minimum absolute atomic E-state index is 0.113. The Hall–Kier alpha value is -2.03. The number of benzene rings is 2. The van der Waals surface area contributed by atoms with Gasteiger partial charge in [0.05, 0.1) is 22.2 Å². The van der Waals surface area contributed by atoms with Crippen LogP contribution in [0.3, 0.4) is 0 Å². The van der Waals surface area contributed by atoms with Crippen LogP contribution in [0.4, 0.5) is 5.69 Å². The number of amides is 1. The van der Waals surface area contributed by atoms with Crippen LogP contribution in [0.25, 0.3) is 0 Å². The molecule has 0 unspecified atom stereocenters. The lowest BCUT2D eigenvalue weighted by atomic mass is 10.1. The first-order chi connectivity index (χ1) is 11.0. The zero-order valence-electron chi connectivity index (χ0n) is 12.4. The highest BCUT2D eigenvalue weighted by atomic mass is 79.9. The van der Waals surface area contributed by atoms with Crippen LogP contribution in [0, 0.1) is 11.3 Å². The lowest BCUT2D eigenvalue weighted by Crippen LogP contribution is -2.12. The van der Waals surface area contributed by atoms with Crippen molar-refractivity contribution in [2.75, 3.05) is 12.4 Å². The predicted octanol–water partition coefficient (Wildman–Crippen LogP) is 4.55. The van der Waals surface area contributed by atoms with E-state index in [-0.39, 0.29) is 5.91 Å². The average Bonchev–Trinajstić information content (AvgIpc) is 2.53. The maximum atomic E-state index is 12.0. The zero-order chi connectivity index (χ0) is 16.8. The van der Waals surface area contributed by atoms with Gasteiger partial charge in [0.1, 0.15) is 11.8 Å². The molecular weight excluding hydrogens is 380 g/mol. The summed E-state index contributed by atoms with van der Waals surface area (Å²) < 4.78 is 6.03. The highest BCUT2D eigenvalue weighted by molar-refractivity contribution is 9.10. The lowest BCUT2D eigenvalue weighted by Gasteiger charge is -2.08. The van der Waals surface area contributed by atoms with Crippen molar-refractivity contribution in [1.82, 2.24) is 0 Å². The minimum atomic E-state index is -0.113. The summed E-state index contributed by atoms with van der Waals surface area (Å²) >= 11 is 9.36. The van der Waals surface area contributed by atoms with Gasteiger partial charge in [-0.3, -0.25) is 4.79 Å². The highest BCUT2D eigenvalue weighted by Crippen LogP contribution is 2.26. The highest BCUT2D eigenvalue weighted by Gasteiger charge is 2.07. The molecule has 0 heterocycles. The monoisotopic (exact) mass is 392 g/mol. The fourth-order valence-corrected chi connectivity index (χ4v) is 2.84. The Balaban J connectivity index is 1.94. The summed E-state index contributed by atoms with van der Waals surface area (Å²) in [4.78, 5) is 12.0. The number of methoxy groups -OCH3 is 1. The Morgan fingerprint density at radius 3 is 2.74 bits per heavy atom. The van der Waals surface area contributed by atoms with Crippen molar-refractivity contribution in [3.05, 3.63) is 57.0 Å². The van der Waals surface area contributed by atoms with Gasteiger partial charge in [0, 0.05) is 12.1 Å². The van der Waals surface area contributed by atoms with Crippen molar-refractivity contribution in [2.24, 2.45) is 0 Å².